The van der Waals surface area contributed by atoms with Crippen molar-refractivity contribution in [2.45, 2.75) is 6.92 Å². The second kappa shape index (κ2) is 7.68. The molecule has 1 amide bonds. The second-order valence-corrected chi connectivity index (χ2v) is 4.78. The number of anilines is 1. The van der Waals surface area contributed by atoms with Crippen LogP contribution in [0.1, 0.15) is 17.3 Å². The quantitative estimate of drug-likeness (QED) is 0.440. The molecular formula is C17H15N3O4. The number of aliphatic hydroxyl groups excluding tert-OH is 1. The fourth-order valence-electron chi connectivity index (χ4n) is 1.84. The van der Waals surface area contributed by atoms with Gasteiger partial charge in [-0.05, 0) is 31.2 Å². The van der Waals surface area contributed by atoms with Gasteiger partial charge < -0.3 is 15.5 Å². The molecule has 0 heterocycles. The van der Waals surface area contributed by atoms with Crippen LogP contribution >= 0.6 is 0 Å². The van der Waals surface area contributed by atoms with E-state index in [1.807, 2.05) is 0 Å². The van der Waals surface area contributed by atoms with E-state index < -0.39 is 11.9 Å². The average molecular weight is 325 g/mol. The Balaban J connectivity index is 2.26. The molecule has 2 aromatic rings. The zero-order chi connectivity index (χ0) is 17.5. The van der Waals surface area contributed by atoms with Gasteiger partial charge in [-0.2, -0.15) is 0 Å². The molecule has 0 bridgehead atoms. The van der Waals surface area contributed by atoms with Crippen LogP contribution in [-0.4, -0.2) is 22.1 Å². The van der Waals surface area contributed by atoms with Crippen molar-refractivity contribution in [3.63, 3.8) is 0 Å². The molecule has 0 aromatic heterocycles. The first-order valence-electron chi connectivity index (χ1n) is 6.99. The first-order valence-corrected chi connectivity index (χ1v) is 6.99. The molecule has 7 heteroatoms. The van der Waals surface area contributed by atoms with E-state index in [1.54, 1.807) is 42.5 Å². The third-order valence-electron chi connectivity index (χ3n) is 2.98. The number of carboxylic acid groups (broad SMARTS) is 1. The lowest BCUT2D eigenvalue weighted by atomic mass is 10.2. The maximum absolute atomic E-state index is 12.2. The first kappa shape index (κ1) is 16.9. The number of nitrogens with one attached hydrogen (secondary N) is 1. The summed E-state index contributed by atoms with van der Waals surface area (Å²) >= 11 is 0. The lowest BCUT2D eigenvalue weighted by Crippen LogP contribution is -2.14. The van der Waals surface area contributed by atoms with Crippen molar-refractivity contribution < 1.29 is 19.8 Å². The summed E-state index contributed by atoms with van der Waals surface area (Å²) in [6.07, 6.45) is 0. The zero-order valence-electron chi connectivity index (χ0n) is 12.8. The van der Waals surface area contributed by atoms with Crippen LogP contribution in [0, 0.1) is 0 Å². The number of carbonyl (C=O) groups is 2. The number of amides is 1. The molecule has 0 saturated heterocycles. The standard InChI is InChI=1S/C17H15N3O4/c1-11(21)15(16(22)18-12-7-3-2-4-8-12)20-19-14-10-6-5-9-13(14)17(23)24/h2-10,21H,1H3,(H,18,22)(H,23,24). The van der Waals surface area contributed by atoms with Crippen LogP contribution in [0.5, 0.6) is 0 Å². The monoisotopic (exact) mass is 325 g/mol. The summed E-state index contributed by atoms with van der Waals surface area (Å²) in [6, 6.07) is 14.6. The van der Waals surface area contributed by atoms with E-state index in [2.05, 4.69) is 15.5 Å². The summed E-state index contributed by atoms with van der Waals surface area (Å²) in [6.45, 7) is 1.29. The van der Waals surface area contributed by atoms with E-state index in [-0.39, 0.29) is 22.7 Å². The van der Waals surface area contributed by atoms with Crippen molar-refractivity contribution >= 4 is 23.3 Å². The van der Waals surface area contributed by atoms with Gasteiger partial charge >= 0.3 is 5.97 Å². The second-order valence-electron chi connectivity index (χ2n) is 4.78. The molecular weight excluding hydrogens is 310 g/mol. The molecule has 0 aliphatic rings. The molecule has 24 heavy (non-hydrogen) atoms. The summed E-state index contributed by atoms with van der Waals surface area (Å²) < 4.78 is 0. The van der Waals surface area contributed by atoms with Gasteiger partial charge in [0.1, 0.15) is 11.4 Å². The fourth-order valence-corrected chi connectivity index (χ4v) is 1.84. The van der Waals surface area contributed by atoms with E-state index in [1.165, 1.54) is 19.1 Å². The molecule has 2 rings (SSSR count). The predicted octanol–water partition coefficient (Wildman–Crippen LogP) is 3.90. The molecule has 7 nitrogen and oxygen atoms in total. The number of carbonyl (C=O) groups excluding carboxylic acids is 1. The summed E-state index contributed by atoms with van der Waals surface area (Å²) in [5, 5.41) is 28.8. The van der Waals surface area contributed by atoms with Crippen molar-refractivity contribution in [1.29, 1.82) is 0 Å². The Labute approximate surface area is 138 Å². The highest BCUT2D eigenvalue weighted by Gasteiger charge is 2.14. The van der Waals surface area contributed by atoms with E-state index in [0.717, 1.165) is 0 Å². The molecule has 122 valence electrons. The Kier molecular flexibility index (Phi) is 5.40. The first-order chi connectivity index (χ1) is 11.5. The highest BCUT2D eigenvalue weighted by atomic mass is 16.4. The van der Waals surface area contributed by atoms with Crippen molar-refractivity contribution in [1.82, 2.24) is 0 Å². The Hall–Kier alpha value is -3.48. The Morgan fingerprint density at radius 3 is 2.21 bits per heavy atom. The normalized spacial score (nSPS) is 11.9. The SMILES string of the molecule is CC(O)=C(N=Nc1ccccc1C(=O)O)C(=O)Nc1ccccc1. The summed E-state index contributed by atoms with van der Waals surface area (Å²) in [5.74, 6) is -2.15. The number of para-hydroxylation sites is 1. The minimum absolute atomic E-state index is 0.0559. The summed E-state index contributed by atoms with van der Waals surface area (Å²) in [4.78, 5) is 23.3. The summed E-state index contributed by atoms with van der Waals surface area (Å²) in [5.41, 5.74) is 0.248. The van der Waals surface area contributed by atoms with E-state index in [9.17, 15) is 14.7 Å². The molecule has 3 N–H and O–H groups in total. The maximum atomic E-state index is 12.2. The fraction of sp³-hybridized carbons (Fsp3) is 0.0588. The van der Waals surface area contributed by atoms with Gasteiger partial charge in [-0.3, -0.25) is 4.79 Å². The largest absolute Gasteiger partial charge is 0.510 e. The number of nitrogens with zero attached hydrogens (tertiary/aromatic N) is 2. The maximum Gasteiger partial charge on any atom is 0.337 e. The topological polar surface area (TPSA) is 111 Å². The van der Waals surface area contributed by atoms with Crippen LogP contribution in [-0.2, 0) is 4.79 Å². The number of hydrogen-bond donors (Lipinski definition) is 3. The van der Waals surface area contributed by atoms with Gasteiger partial charge in [0.2, 0.25) is 0 Å². The van der Waals surface area contributed by atoms with Crippen molar-refractivity contribution in [2.24, 2.45) is 10.2 Å². The number of azo groups is 1. The average Bonchev–Trinajstić information content (AvgIpc) is 2.56. The molecule has 0 saturated carbocycles. The molecule has 0 aliphatic carbocycles. The molecule has 0 radical (unpaired) electrons. The van der Waals surface area contributed by atoms with Crippen LogP contribution in [0.15, 0.2) is 76.3 Å². The highest BCUT2D eigenvalue weighted by molar-refractivity contribution is 6.03. The Morgan fingerprint density at radius 1 is 0.958 bits per heavy atom. The zero-order valence-corrected chi connectivity index (χ0v) is 12.8. The number of benzene rings is 2. The van der Waals surface area contributed by atoms with E-state index >= 15 is 0 Å². The lowest BCUT2D eigenvalue weighted by Gasteiger charge is -2.05. The third kappa shape index (κ3) is 4.26. The van der Waals surface area contributed by atoms with Gasteiger partial charge in [0.05, 0.1) is 5.56 Å². The molecule has 0 fully saturated rings. The predicted molar refractivity (Wildman–Crippen MR) is 88.3 cm³/mol. The number of hydrogen-bond acceptors (Lipinski definition) is 5. The summed E-state index contributed by atoms with van der Waals surface area (Å²) in [7, 11) is 0. The van der Waals surface area contributed by atoms with Gasteiger partial charge in [0.25, 0.3) is 5.91 Å². The number of aliphatic hydroxyl groups is 1. The van der Waals surface area contributed by atoms with Gasteiger partial charge in [-0.1, -0.05) is 30.3 Å². The molecule has 0 spiro atoms. The van der Waals surface area contributed by atoms with E-state index in [4.69, 9.17) is 5.11 Å². The van der Waals surface area contributed by atoms with Crippen molar-refractivity contribution in [3.8, 4) is 0 Å². The van der Waals surface area contributed by atoms with Gasteiger partial charge in [-0.15, -0.1) is 10.2 Å². The lowest BCUT2D eigenvalue weighted by molar-refractivity contribution is -0.113. The van der Waals surface area contributed by atoms with Crippen LogP contribution < -0.4 is 5.32 Å². The van der Waals surface area contributed by atoms with E-state index in [0.29, 0.717) is 5.69 Å². The van der Waals surface area contributed by atoms with Crippen molar-refractivity contribution in [3.05, 3.63) is 71.6 Å². The van der Waals surface area contributed by atoms with Gasteiger partial charge in [-0.25, -0.2) is 4.79 Å². The van der Waals surface area contributed by atoms with Crippen LogP contribution in [0.4, 0.5) is 11.4 Å². The van der Waals surface area contributed by atoms with Gasteiger partial charge in [0, 0.05) is 5.69 Å². The van der Waals surface area contributed by atoms with Crippen LogP contribution in [0.2, 0.25) is 0 Å². The number of aromatic carboxylic acids is 1. The minimum Gasteiger partial charge on any atom is -0.510 e. The smallest absolute Gasteiger partial charge is 0.337 e. The number of rotatable bonds is 5. The van der Waals surface area contributed by atoms with Crippen molar-refractivity contribution in [2.75, 3.05) is 5.32 Å². The number of carboxylic acids is 1. The minimum atomic E-state index is -1.16. The molecule has 0 atom stereocenters. The van der Waals surface area contributed by atoms with Crippen LogP contribution in [0.25, 0.3) is 0 Å². The van der Waals surface area contributed by atoms with Gasteiger partial charge in [0.15, 0.2) is 5.70 Å². The molecule has 0 aliphatic heterocycles. The molecule has 0 unspecified atom stereocenters. The highest BCUT2D eigenvalue weighted by Crippen LogP contribution is 2.21. The third-order valence-corrected chi connectivity index (χ3v) is 2.98. The Morgan fingerprint density at radius 2 is 1.58 bits per heavy atom. The Bertz CT molecular complexity index is 810. The molecule has 2 aromatic carbocycles. The van der Waals surface area contributed by atoms with Crippen LogP contribution in [0.3, 0.4) is 0 Å². The number of allylic oxidation sites excluding steroid dienone is 1.